The van der Waals surface area contributed by atoms with E-state index in [0.717, 1.165) is 10.9 Å². The van der Waals surface area contributed by atoms with Crippen LogP contribution in [0.5, 0.6) is 0 Å². The lowest BCUT2D eigenvalue weighted by molar-refractivity contribution is -0.159. The third-order valence-corrected chi connectivity index (χ3v) is 6.56. The fourth-order valence-corrected chi connectivity index (χ4v) is 4.69. The van der Waals surface area contributed by atoms with Crippen molar-refractivity contribution in [1.29, 1.82) is 0 Å². The number of aryl methyl sites for hydroxylation is 1. The summed E-state index contributed by atoms with van der Waals surface area (Å²) in [6.45, 7) is 2.33. The van der Waals surface area contributed by atoms with Crippen LogP contribution in [-0.4, -0.2) is 29.7 Å². The van der Waals surface area contributed by atoms with Gasteiger partial charge in [-0.25, -0.2) is 13.1 Å². The Morgan fingerprint density at radius 2 is 1.88 bits per heavy atom. The number of nitrogens with zero attached hydrogens (tertiary/aromatic N) is 3. The molecule has 0 radical (unpaired) electrons. The highest BCUT2D eigenvalue weighted by atomic mass is 35.5. The fourth-order valence-electron chi connectivity index (χ4n) is 3.43. The van der Waals surface area contributed by atoms with Crippen LogP contribution in [0.2, 0.25) is 5.02 Å². The molecule has 0 aliphatic heterocycles. The van der Waals surface area contributed by atoms with Gasteiger partial charge in [-0.3, -0.25) is 0 Å². The minimum atomic E-state index is -4.73. The Balaban J connectivity index is 1.50. The molecule has 0 amide bonds. The molecule has 0 atom stereocenters. The molecule has 0 unspecified atom stereocenters. The van der Waals surface area contributed by atoms with E-state index >= 15 is 0 Å². The number of hydrogen-bond donors (Lipinski definition) is 1. The van der Waals surface area contributed by atoms with Crippen molar-refractivity contribution in [2.45, 2.75) is 25.4 Å². The van der Waals surface area contributed by atoms with Gasteiger partial charge >= 0.3 is 12.1 Å². The van der Waals surface area contributed by atoms with Gasteiger partial charge in [-0.15, -0.1) is 0 Å². The summed E-state index contributed by atoms with van der Waals surface area (Å²) in [5, 5.41) is 4.82. The van der Waals surface area contributed by atoms with E-state index in [2.05, 4.69) is 19.4 Å². The largest absolute Gasteiger partial charge is 0.471 e. The zero-order valence-corrected chi connectivity index (χ0v) is 18.8. The highest BCUT2D eigenvalue weighted by Gasteiger charge is 2.38. The summed E-state index contributed by atoms with van der Waals surface area (Å²) >= 11 is 5.82. The molecule has 0 fully saturated rings. The predicted octanol–water partition coefficient (Wildman–Crippen LogP) is 4.79. The van der Waals surface area contributed by atoms with Crippen LogP contribution in [0.1, 0.15) is 17.0 Å². The van der Waals surface area contributed by atoms with E-state index in [-0.39, 0.29) is 18.1 Å². The van der Waals surface area contributed by atoms with E-state index in [1.54, 1.807) is 42.5 Å². The first kappa shape index (κ1) is 23.3. The van der Waals surface area contributed by atoms with Crippen molar-refractivity contribution in [3.63, 3.8) is 0 Å². The van der Waals surface area contributed by atoms with Gasteiger partial charge in [0.15, 0.2) is 0 Å². The van der Waals surface area contributed by atoms with E-state index in [1.165, 1.54) is 0 Å². The third-order valence-electron chi connectivity index (χ3n) is 4.95. The number of halogens is 4. The van der Waals surface area contributed by atoms with Crippen molar-refractivity contribution in [3.8, 4) is 11.4 Å². The zero-order chi connectivity index (χ0) is 23.8. The normalized spacial score (nSPS) is 12.5. The molecule has 4 aromatic rings. The Bertz CT molecular complexity index is 1400. The smallest absolute Gasteiger partial charge is 0.346 e. The Hall–Kier alpha value is -2.89. The first-order chi connectivity index (χ1) is 15.5. The van der Waals surface area contributed by atoms with E-state index in [0.29, 0.717) is 28.2 Å². The van der Waals surface area contributed by atoms with Crippen LogP contribution in [0.15, 0.2) is 53.2 Å². The van der Waals surface area contributed by atoms with Gasteiger partial charge in [0.05, 0.1) is 5.75 Å². The van der Waals surface area contributed by atoms with Gasteiger partial charge in [-0.1, -0.05) is 41.0 Å². The quantitative estimate of drug-likeness (QED) is 0.395. The van der Waals surface area contributed by atoms with E-state index in [1.807, 2.05) is 17.7 Å². The summed E-state index contributed by atoms with van der Waals surface area (Å²) in [6, 6.07) is 11.6. The monoisotopic (exact) mass is 498 g/mol. The second-order valence-electron chi connectivity index (χ2n) is 7.44. The van der Waals surface area contributed by atoms with E-state index in [4.69, 9.17) is 11.6 Å². The van der Waals surface area contributed by atoms with E-state index in [9.17, 15) is 21.6 Å². The summed E-state index contributed by atoms with van der Waals surface area (Å²) in [5.41, 5.74) is 2.60. The van der Waals surface area contributed by atoms with Gasteiger partial charge < -0.3 is 9.09 Å². The van der Waals surface area contributed by atoms with Crippen molar-refractivity contribution in [2.24, 2.45) is 0 Å². The van der Waals surface area contributed by atoms with Crippen LogP contribution in [0.4, 0.5) is 13.2 Å². The fraction of sp³-hybridized carbons (Fsp3) is 0.238. The van der Waals surface area contributed by atoms with Crippen LogP contribution in [0.3, 0.4) is 0 Å². The molecule has 7 nitrogen and oxygen atoms in total. The molecule has 2 aromatic heterocycles. The maximum absolute atomic E-state index is 12.8. The molecule has 0 aliphatic carbocycles. The molecule has 1 N–H and O–H groups in total. The molecule has 2 aromatic carbocycles. The SMILES string of the molecule is Cc1cn(CCNS(=O)(=O)Cc2ccc(Cl)cc2)c2cc(-c3noc(C(F)(F)F)n3)ccc12. The maximum atomic E-state index is 12.8. The van der Waals surface area contributed by atoms with Gasteiger partial charge in [-0.05, 0) is 36.2 Å². The molecule has 0 spiro atoms. The third kappa shape index (κ3) is 5.37. The molecule has 0 bridgehead atoms. The predicted molar refractivity (Wildman–Crippen MR) is 117 cm³/mol. The Labute approximate surface area is 192 Å². The van der Waals surface area contributed by atoms with Crippen LogP contribution < -0.4 is 4.72 Å². The van der Waals surface area contributed by atoms with E-state index < -0.39 is 22.1 Å². The lowest BCUT2D eigenvalue weighted by atomic mass is 10.1. The van der Waals surface area contributed by atoms with Gasteiger partial charge in [-0.2, -0.15) is 18.2 Å². The summed E-state index contributed by atoms with van der Waals surface area (Å²) < 4.78 is 71.8. The second-order valence-corrected chi connectivity index (χ2v) is 9.68. The van der Waals surface area contributed by atoms with Crippen molar-refractivity contribution < 1.29 is 26.1 Å². The average Bonchev–Trinajstić information content (AvgIpc) is 3.35. The molecule has 33 heavy (non-hydrogen) atoms. The lowest BCUT2D eigenvalue weighted by Crippen LogP contribution is -2.28. The van der Waals surface area contributed by atoms with Crippen molar-refractivity contribution in [2.75, 3.05) is 6.54 Å². The summed E-state index contributed by atoms with van der Waals surface area (Å²) in [6.07, 6.45) is -2.88. The molecule has 174 valence electrons. The second kappa shape index (κ2) is 8.81. The number of alkyl halides is 3. The summed E-state index contributed by atoms with van der Waals surface area (Å²) in [5.74, 6) is -1.78. The number of rotatable bonds is 7. The first-order valence-electron chi connectivity index (χ1n) is 9.74. The van der Waals surface area contributed by atoms with Gasteiger partial charge in [0, 0.05) is 40.8 Å². The lowest BCUT2D eigenvalue weighted by Gasteiger charge is -2.09. The first-order valence-corrected chi connectivity index (χ1v) is 11.8. The Morgan fingerprint density at radius 1 is 1.15 bits per heavy atom. The van der Waals surface area contributed by atoms with Crippen molar-refractivity contribution in [3.05, 3.63) is 70.7 Å². The molecule has 12 heteroatoms. The Morgan fingerprint density at radius 3 is 2.55 bits per heavy atom. The summed E-state index contributed by atoms with van der Waals surface area (Å²) in [7, 11) is -3.57. The zero-order valence-electron chi connectivity index (χ0n) is 17.2. The molecular weight excluding hydrogens is 481 g/mol. The van der Waals surface area contributed by atoms with Gasteiger partial charge in [0.25, 0.3) is 0 Å². The number of benzene rings is 2. The number of aromatic nitrogens is 3. The van der Waals surface area contributed by atoms with Crippen LogP contribution >= 0.6 is 11.6 Å². The highest BCUT2D eigenvalue weighted by molar-refractivity contribution is 7.88. The highest BCUT2D eigenvalue weighted by Crippen LogP contribution is 2.31. The van der Waals surface area contributed by atoms with Crippen molar-refractivity contribution >= 4 is 32.5 Å². The topological polar surface area (TPSA) is 90.0 Å². The molecule has 0 saturated heterocycles. The van der Waals surface area contributed by atoms with Crippen LogP contribution in [0.25, 0.3) is 22.3 Å². The number of fused-ring (bicyclic) bond motifs is 1. The molecule has 0 aliphatic rings. The van der Waals surface area contributed by atoms with Crippen LogP contribution in [-0.2, 0) is 28.5 Å². The molecule has 4 rings (SSSR count). The van der Waals surface area contributed by atoms with Gasteiger partial charge in [0.1, 0.15) is 0 Å². The summed E-state index contributed by atoms with van der Waals surface area (Å²) in [4.78, 5) is 3.42. The maximum Gasteiger partial charge on any atom is 0.471 e. The van der Waals surface area contributed by atoms with Crippen LogP contribution in [0, 0.1) is 6.92 Å². The molecular formula is C21H18ClF3N4O3S. The Kier molecular flexibility index (Phi) is 6.21. The number of nitrogens with one attached hydrogen (secondary N) is 1. The standard InChI is InChI=1S/C21H18ClF3N4O3S/c1-13-11-29(9-8-26-33(30,31)12-14-2-5-16(22)6-3-14)18-10-15(4-7-17(13)18)19-27-20(32-28-19)21(23,24)25/h2-7,10-11,26H,8-9,12H2,1H3. The average molecular weight is 499 g/mol. The molecule has 2 heterocycles. The van der Waals surface area contributed by atoms with Gasteiger partial charge in [0.2, 0.25) is 15.8 Å². The minimum absolute atomic E-state index is 0.129. The number of sulfonamides is 1. The minimum Gasteiger partial charge on any atom is -0.346 e. The molecule has 0 saturated carbocycles. The van der Waals surface area contributed by atoms with Crippen molar-refractivity contribution in [1.82, 2.24) is 19.4 Å². The number of hydrogen-bond acceptors (Lipinski definition) is 5.